The van der Waals surface area contributed by atoms with Gasteiger partial charge in [-0.2, -0.15) is 0 Å². The monoisotopic (exact) mass is 959 g/mol. The molecule has 0 fully saturated rings. The molecule has 0 aliphatic rings. The molecule has 0 saturated heterocycles. The lowest BCUT2D eigenvalue weighted by Crippen LogP contribution is -2.30. The van der Waals surface area contributed by atoms with Crippen LogP contribution in [0.2, 0.25) is 0 Å². The van der Waals surface area contributed by atoms with Crippen molar-refractivity contribution < 1.29 is 28.6 Å². The third-order valence-corrected chi connectivity index (χ3v) is 12.1. The predicted molar refractivity (Wildman–Crippen MR) is 297 cm³/mol. The van der Waals surface area contributed by atoms with E-state index < -0.39 is 6.10 Å². The van der Waals surface area contributed by atoms with Gasteiger partial charge in [-0.25, -0.2) is 0 Å². The highest BCUT2D eigenvalue weighted by Crippen LogP contribution is 2.15. The van der Waals surface area contributed by atoms with Gasteiger partial charge < -0.3 is 14.2 Å². The summed E-state index contributed by atoms with van der Waals surface area (Å²) in [5, 5.41) is 0. The first-order valence-corrected chi connectivity index (χ1v) is 28.7. The normalized spacial score (nSPS) is 12.8. The molecule has 6 heteroatoms. The van der Waals surface area contributed by atoms with Gasteiger partial charge in [0.05, 0.1) is 0 Å². The lowest BCUT2D eigenvalue weighted by molar-refractivity contribution is -0.167. The van der Waals surface area contributed by atoms with Crippen molar-refractivity contribution in [1.82, 2.24) is 0 Å². The molecule has 1 atom stereocenters. The smallest absolute Gasteiger partial charge is 0.306 e. The summed E-state index contributed by atoms with van der Waals surface area (Å²) >= 11 is 0. The van der Waals surface area contributed by atoms with Gasteiger partial charge in [-0.1, -0.05) is 246 Å². The molecule has 0 bridgehead atoms. The predicted octanol–water partition coefficient (Wildman–Crippen LogP) is 19.3. The molecule has 0 aliphatic carbocycles. The van der Waals surface area contributed by atoms with Gasteiger partial charge in [0.25, 0.3) is 0 Å². The second-order valence-electron chi connectivity index (χ2n) is 18.8. The first-order valence-electron chi connectivity index (χ1n) is 28.7. The summed E-state index contributed by atoms with van der Waals surface area (Å²) in [4.78, 5) is 38.1. The molecule has 0 rings (SSSR count). The molecule has 1 unspecified atom stereocenters. The molecule has 69 heavy (non-hydrogen) atoms. The average Bonchev–Trinajstić information content (AvgIpc) is 3.35. The minimum Gasteiger partial charge on any atom is -0.462 e. The molecule has 0 spiro atoms. The average molecular weight is 960 g/mol. The Labute approximate surface area is 426 Å². The van der Waals surface area contributed by atoms with Crippen molar-refractivity contribution in [2.75, 3.05) is 13.2 Å². The zero-order valence-electron chi connectivity index (χ0n) is 45.0. The van der Waals surface area contributed by atoms with Crippen LogP contribution < -0.4 is 0 Å². The van der Waals surface area contributed by atoms with Gasteiger partial charge in [0, 0.05) is 19.3 Å². The Balaban J connectivity index is 4.49. The number of carbonyl (C=O) groups is 3. The molecule has 0 radical (unpaired) electrons. The van der Waals surface area contributed by atoms with Crippen LogP contribution in [0.25, 0.3) is 0 Å². The lowest BCUT2D eigenvalue weighted by Gasteiger charge is -2.18. The van der Waals surface area contributed by atoms with E-state index in [0.717, 1.165) is 103 Å². The Kier molecular flexibility index (Phi) is 53.9. The van der Waals surface area contributed by atoms with Gasteiger partial charge in [-0.3, -0.25) is 14.4 Å². The molecule has 0 saturated carbocycles. The fraction of sp³-hybridized carbons (Fsp3) is 0.698. The van der Waals surface area contributed by atoms with Gasteiger partial charge in [-0.05, 0) is 96.3 Å². The highest BCUT2D eigenvalue weighted by atomic mass is 16.6. The maximum atomic E-state index is 12.8. The third kappa shape index (κ3) is 55.1. The fourth-order valence-electron chi connectivity index (χ4n) is 7.78. The Morgan fingerprint density at radius 1 is 0.304 bits per heavy atom. The molecule has 0 amide bonds. The van der Waals surface area contributed by atoms with Gasteiger partial charge in [0.1, 0.15) is 13.2 Å². The van der Waals surface area contributed by atoms with E-state index in [4.69, 9.17) is 14.2 Å². The zero-order valence-corrected chi connectivity index (χ0v) is 45.0. The van der Waals surface area contributed by atoms with Crippen molar-refractivity contribution in [2.45, 2.75) is 271 Å². The van der Waals surface area contributed by atoms with E-state index in [1.807, 2.05) is 0 Å². The molecule has 6 nitrogen and oxygen atoms in total. The number of hydrogen-bond acceptors (Lipinski definition) is 6. The third-order valence-electron chi connectivity index (χ3n) is 12.1. The van der Waals surface area contributed by atoms with Crippen molar-refractivity contribution in [2.24, 2.45) is 0 Å². The van der Waals surface area contributed by atoms with E-state index >= 15 is 0 Å². The van der Waals surface area contributed by atoms with Gasteiger partial charge in [-0.15, -0.1) is 0 Å². The number of ether oxygens (including phenoxy) is 3. The van der Waals surface area contributed by atoms with Crippen molar-refractivity contribution in [3.63, 3.8) is 0 Å². The highest BCUT2D eigenvalue weighted by molar-refractivity contribution is 5.71. The van der Waals surface area contributed by atoms with E-state index in [-0.39, 0.29) is 37.5 Å². The number of unbranched alkanes of at least 4 members (excludes halogenated alkanes) is 24. The maximum Gasteiger partial charge on any atom is 0.306 e. The Bertz CT molecular complexity index is 1380. The van der Waals surface area contributed by atoms with Crippen LogP contribution in [0.4, 0.5) is 0 Å². The topological polar surface area (TPSA) is 78.9 Å². The second kappa shape index (κ2) is 56.9. The van der Waals surface area contributed by atoms with E-state index in [2.05, 4.69) is 118 Å². The standard InChI is InChI=1S/C63H106O6/c1-4-7-10-13-16-19-22-25-28-30-31-33-35-38-41-44-47-50-53-56-62(65)68-59-60(58-67-61(64)55-52-49-46-43-40-37-34-27-24-21-18-15-12-9-6-3)69-63(66)57-54-51-48-45-42-39-36-32-29-26-23-20-17-14-11-8-5-2/h8,11,16-17,19-20,25-26,28-29,31,33,36,39,45,48,60H,4-7,9-10,12-15,18,21-24,27,30,32,34-35,37-38,40-44,46-47,49-59H2,1-3H3/b11-8-,19-16-,20-17-,28-25-,29-26-,33-31-,39-36-,48-45-. The zero-order chi connectivity index (χ0) is 50.0. The Hall–Kier alpha value is -3.67. The number of rotatable bonds is 51. The molecule has 0 aliphatic heterocycles. The van der Waals surface area contributed by atoms with Crippen LogP contribution in [0.1, 0.15) is 265 Å². The summed E-state index contributed by atoms with van der Waals surface area (Å²) < 4.78 is 16.8. The van der Waals surface area contributed by atoms with Crippen LogP contribution in [0, 0.1) is 0 Å². The summed E-state index contributed by atoms with van der Waals surface area (Å²) in [6.07, 6.45) is 75.4. The molecular formula is C63H106O6. The van der Waals surface area contributed by atoms with Crippen molar-refractivity contribution in [3.05, 3.63) is 97.2 Å². The largest absolute Gasteiger partial charge is 0.462 e. The van der Waals surface area contributed by atoms with Gasteiger partial charge in [0.2, 0.25) is 0 Å². The number of allylic oxidation sites excluding steroid dienone is 16. The summed E-state index contributed by atoms with van der Waals surface area (Å²) in [6.45, 7) is 6.45. The van der Waals surface area contributed by atoms with Crippen molar-refractivity contribution >= 4 is 17.9 Å². The highest BCUT2D eigenvalue weighted by Gasteiger charge is 2.19. The quantitative estimate of drug-likeness (QED) is 0.0262. The number of carbonyl (C=O) groups excluding carboxylic acids is 3. The van der Waals surface area contributed by atoms with E-state index in [1.54, 1.807) is 0 Å². The van der Waals surface area contributed by atoms with Crippen LogP contribution >= 0.6 is 0 Å². The Morgan fingerprint density at radius 2 is 0.580 bits per heavy atom. The second-order valence-corrected chi connectivity index (χ2v) is 18.8. The van der Waals surface area contributed by atoms with Gasteiger partial charge in [0.15, 0.2) is 6.10 Å². The molecule has 0 aromatic heterocycles. The first kappa shape index (κ1) is 65.3. The van der Waals surface area contributed by atoms with Crippen molar-refractivity contribution in [1.29, 1.82) is 0 Å². The molecular weight excluding hydrogens is 853 g/mol. The lowest BCUT2D eigenvalue weighted by atomic mass is 10.0. The Morgan fingerprint density at radius 3 is 0.957 bits per heavy atom. The number of hydrogen-bond donors (Lipinski definition) is 0. The van der Waals surface area contributed by atoms with Gasteiger partial charge >= 0.3 is 17.9 Å². The van der Waals surface area contributed by atoms with Crippen LogP contribution in [0.3, 0.4) is 0 Å². The number of esters is 3. The minimum absolute atomic E-state index is 0.103. The van der Waals surface area contributed by atoms with E-state index in [9.17, 15) is 14.4 Å². The summed E-state index contributed by atoms with van der Waals surface area (Å²) in [5.41, 5.74) is 0. The molecule has 0 heterocycles. The molecule has 0 N–H and O–H groups in total. The van der Waals surface area contributed by atoms with E-state index in [0.29, 0.717) is 19.3 Å². The van der Waals surface area contributed by atoms with Crippen LogP contribution in [-0.4, -0.2) is 37.2 Å². The summed E-state index contributed by atoms with van der Waals surface area (Å²) in [7, 11) is 0. The maximum absolute atomic E-state index is 12.8. The SMILES string of the molecule is CC/C=C\C/C=C\C/C=C\C/C=C\C/C=C\CCCC(=O)OC(COC(=O)CCCCCCCC/C=C\C/C=C\C/C=C\CCCCC)COC(=O)CCCCCCCCCCCCCCCCC. The van der Waals surface area contributed by atoms with Crippen LogP contribution in [0.5, 0.6) is 0 Å². The van der Waals surface area contributed by atoms with Crippen LogP contribution in [0.15, 0.2) is 97.2 Å². The summed E-state index contributed by atoms with van der Waals surface area (Å²) in [5.74, 6) is -0.970. The van der Waals surface area contributed by atoms with E-state index in [1.165, 1.54) is 116 Å². The first-order chi connectivity index (χ1) is 34.0. The molecule has 0 aromatic carbocycles. The minimum atomic E-state index is -0.813. The fourth-order valence-corrected chi connectivity index (χ4v) is 7.78. The van der Waals surface area contributed by atoms with Crippen LogP contribution in [-0.2, 0) is 28.6 Å². The molecule has 0 aromatic rings. The molecule has 394 valence electrons. The summed E-state index contributed by atoms with van der Waals surface area (Å²) in [6, 6.07) is 0. The van der Waals surface area contributed by atoms with Crippen molar-refractivity contribution in [3.8, 4) is 0 Å².